The van der Waals surface area contributed by atoms with Gasteiger partial charge in [-0.1, -0.05) is 30.3 Å². The van der Waals surface area contributed by atoms with Crippen molar-refractivity contribution in [2.75, 3.05) is 13.6 Å². The molecule has 1 aromatic carbocycles. The first-order valence-electron chi connectivity index (χ1n) is 12.1. The van der Waals surface area contributed by atoms with Gasteiger partial charge in [-0.25, -0.2) is 4.79 Å². The molecule has 1 aromatic rings. The van der Waals surface area contributed by atoms with E-state index in [9.17, 15) is 19.2 Å². The molecule has 0 aliphatic carbocycles. The van der Waals surface area contributed by atoms with Crippen LogP contribution < -0.4 is 0 Å². The van der Waals surface area contributed by atoms with Crippen molar-refractivity contribution >= 4 is 29.6 Å². The number of aliphatic imine (C=N–C) groups is 1. The SMILES string of the molecule is CC1=NC(C)=C(C(=O)OCOC(=O)C(C)(C)C)C(Cc2ccccc2)C1C(=O)OCOC(=O)C(C)(C)C. The van der Waals surface area contributed by atoms with Gasteiger partial charge >= 0.3 is 23.9 Å². The van der Waals surface area contributed by atoms with Crippen LogP contribution in [0, 0.1) is 22.7 Å². The molecule has 1 aliphatic rings. The fourth-order valence-electron chi connectivity index (χ4n) is 3.72. The van der Waals surface area contributed by atoms with Crippen LogP contribution in [-0.2, 0) is 44.5 Å². The van der Waals surface area contributed by atoms with Crippen LogP contribution in [0.2, 0.25) is 0 Å². The van der Waals surface area contributed by atoms with E-state index in [-0.39, 0.29) is 5.57 Å². The second-order valence-electron chi connectivity index (χ2n) is 11.0. The summed E-state index contributed by atoms with van der Waals surface area (Å²) in [5.41, 5.74) is 0.425. The Bertz CT molecular complexity index is 1070. The predicted octanol–water partition coefficient (Wildman–Crippen LogP) is 4.39. The number of ether oxygens (including phenoxy) is 4. The average molecular weight is 516 g/mol. The molecule has 1 heterocycles. The summed E-state index contributed by atoms with van der Waals surface area (Å²) in [7, 11) is 0. The molecule has 9 nitrogen and oxygen atoms in total. The van der Waals surface area contributed by atoms with Crippen molar-refractivity contribution in [2.24, 2.45) is 27.7 Å². The minimum atomic E-state index is -0.920. The molecule has 202 valence electrons. The van der Waals surface area contributed by atoms with Gasteiger partial charge in [0, 0.05) is 17.3 Å². The molecule has 0 bridgehead atoms. The van der Waals surface area contributed by atoms with Gasteiger partial charge < -0.3 is 18.9 Å². The van der Waals surface area contributed by atoms with E-state index in [2.05, 4.69) is 4.99 Å². The topological polar surface area (TPSA) is 118 Å². The largest absolute Gasteiger partial charge is 0.427 e. The molecule has 0 amide bonds. The lowest BCUT2D eigenvalue weighted by Gasteiger charge is -2.31. The average Bonchev–Trinajstić information content (AvgIpc) is 2.78. The molecule has 1 aliphatic heterocycles. The summed E-state index contributed by atoms with van der Waals surface area (Å²) >= 11 is 0. The van der Waals surface area contributed by atoms with E-state index in [1.54, 1.807) is 55.4 Å². The van der Waals surface area contributed by atoms with Crippen molar-refractivity contribution in [1.29, 1.82) is 0 Å². The Labute approximate surface area is 218 Å². The van der Waals surface area contributed by atoms with Crippen LogP contribution in [0.1, 0.15) is 61.0 Å². The summed E-state index contributed by atoms with van der Waals surface area (Å²) < 4.78 is 20.7. The molecule has 0 radical (unpaired) electrons. The maximum Gasteiger partial charge on any atom is 0.339 e. The van der Waals surface area contributed by atoms with Crippen LogP contribution in [-0.4, -0.2) is 43.2 Å². The smallest absolute Gasteiger partial charge is 0.339 e. The molecule has 9 heteroatoms. The Morgan fingerprint density at radius 3 is 1.81 bits per heavy atom. The lowest BCUT2D eigenvalue weighted by atomic mass is 9.76. The molecule has 0 spiro atoms. The number of allylic oxidation sites excluding steroid dienone is 1. The number of nitrogens with zero attached hydrogens (tertiary/aromatic N) is 1. The Balaban J connectivity index is 2.27. The molecule has 0 saturated heterocycles. The van der Waals surface area contributed by atoms with E-state index >= 15 is 0 Å². The Morgan fingerprint density at radius 1 is 0.784 bits per heavy atom. The number of esters is 4. The van der Waals surface area contributed by atoms with Crippen LogP contribution >= 0.6 is 0 Å². The van der Waals surface area contributed by atoms with Gasteiger partial charge in [0.1, 0.15) is 5.92 Å². The molecule has 37 heavy (non-hydrogen) atoms. The number of rotatable bonds is 8. The fraction of sp³-hybridized carbons (Fsp3) is 0.536. The highest BCUT2D eigenvalue weighted by molar-refractivity contribution is 6.05. The van der Waals surface area contributed by atoms with E-state index in [1.807, 2.05) is 30.3 Å². The van der Waals surface area contributed by atoms with Crippen LogP contribution in [0.15, 0.2) is 46.6 Å². The maximum absolute atomic E-state index is 13.2. The van der Waals surface area contributed by atoms with E-state index < -0.39 is 60.1 Å². The minimum Gasteiger partial charge on any atom is -0.427 e. The minimum absolute atomic E-state index is 0.190. The quantitative estimate of drug-likeness (QED) is 0.370. The summed E-state index contributed by atoms with van der Waals surface area (Å²) in [6.45, 7) is 12.4. The zero-order chi connectivity index (χ0) is 28.0. The maximum atomic E-state index is 13.2. The monoisotopic (exact) mass is 515 g/mol. The van der Waals surface area contributed by atoms with Crippen LogP contribution in [0.25, 0.3) is 0 Å². The third-order valence-electron chi connectivity index (χ3n) is 5.73. The first kappa shape index (κ1) is 29.7. The highest BCUT2D eigenvalue weighted by atomic mass is 16.7. The van der Waals surface area contributed by atoms with E-state index in [4.69, 9.17) is 18.9 Å². The molecular weight excluding hydrogens is 478 g/mol. The molecule has 2 rings (SSSR count). The summed E-state index contributed by atoms with van der Waals surface area (Å²) in [6, 6.07) is 9.36. The van der Waals surface area contributed by atoms with Crippen molar-refractivity contribution < 1.29 is 38.1 Å². The summed E-state index contributed by atoms with van der Waals surface area (Å²) in [4.78, 5) is 54.9. The van der Waals surface area contributed by atoms with Gasteiger partial charge in [-0.3, -0.25) is 19.4 Å². The highest BCUT2D eigenvalue weighted by Gasteiger charge is 2.42. The van der Waals surface area contributed by atoms with E-state index in [0.29, 0.717) is 17.8 Å². The third-order valence-corrected chi connectivity index (χ3v) is 5.73. The zero-order valence-corrected chi connectivity index (χ0v) is 22.9. The molecule has 2 unspecified atom stereocenters. The first-order chi connectivity index (χ1) is 17.1. The lowest BCUT2D eigenvalue weighted by Crippen LogP contribution is -2.39. The molecule has 0 fully saturated rings. The molecule has 0 N–H and O–H groups in total. The first-order valence-corrected chi connectivity index (χ1v) is 12.1. The zero-order valence-electron chi connectivity index (χ0n) is 22.9. The number of carbonyl (C=O) groups excluding carboxylic acids is 4. The number of hydrogen-bond acceptors (Lipinski definition) is 9. The Morgan fingerprint density at radius 2 is 1.30 bits per heavy atom. The van der Waals surface area contributed by atoms with Gasteiger partial charge in [-0.2, -0.15) is 0 Å². The Hall–Kier alpha value is -3.49. The molecular formula is C28H37NO8. The second-order valence-corrected chi connectivity index (χ2v) is 11.0. The van der Waals surface area contributed by atoms with Gasteiger partial charge in [0.2, 0.25) is 13.6 Å². The number of carbonyl (C=O) groups is 4. The van der Waals surface area contributed by atoms with Gasteiger partial charge in [-0.15, -0.1) is 0 Å². The van der Waals surface area contributed by atoms with Crippen LogP contribution in [0.5, 0.6) is 0 Å². The van der Waals surface area contributed by atoms with E-state index in [0.717, 1.165) is 5.56 Å². The second kappa shape index (κ2) is 12.2. The van der Waals surface area contributed by atoms with Crippen molar-refractivity contribution in [3.8, 4) is 0 Å². The predicted molar refractivity (Wildman–Crippen MR) is 136 cm³/mol. The third kappa shape index (κ3) is 8.27. The van der Waals surface area contributed by atoms with Crippen molar-refractivity contribution in [3.63, 3.8) is 0 Å². The highest BCUT2D eigenvalue weighted by Crippen LogP contribution is 2.35. The van der Waals surface area contributed by atoms with Crippen LogP contribution in [0.3, 0.4) is 0 Å². The summed E-state index contributed by atoms with van der Waals surface area (Å²) in [5.74, 6) is -4.04. The molecule has 2 atom stereocenters. The Kier molecular flexibility index (Phi) is 9.78. The van der Waals surface area contributed by atoms with Crippen molar-refractivity contribution in [2.45, 2.75) is 61.8 Å². The van der Waals surface area contributed by atoms with Crippen molar-refractivity contribution in [3.05, 3.63) is 47.2 Å². The number of hydrogen-bond donors (Lipinski definition) is 0. The van der Waals surface area contributed by atoms with Crippen LogP contribution in [0.4, 0.5) is 0 Å². The van der Waals surface area contributed by atoms with E-state index in [1.165, 1.54) is 0 Å². The van der Waals surface area contributed by atoms with Gasteiger partial charge in [0.15, 0.2) is 0 Å². The summed E-state index contributed by atoms with van der Waals surface area (Å²) in [6.07, 6.45) is 0.318. The standard InChI is InChI=1S/C28H37NO8/c1-17-21(23(30)34-15-36-25(32)27(3,4)5)20(14-19-12-10-9-11-13-19)22(18(2)29-17)24(31)35-16-37-26(33)28(6,7)8/h9-13,20-21H,14-16H2,1-8H3. The normalized spacial score (nSPS) is 18.0. The number of benzene rings is 1. The van der Waals surface area contributed by atoms with Gasteiger partial charge in [0.25, 0.3) is 0 Å². The van der Waals surface area contributed by atoms with Crippen molar-refractivity contribution in [1.82, 2.24) is 0 Å². The van der Waals surface area contributed by atoms with Gasteiger partial charge in [-0.05, 0) is 67.4 Å². The molecule has 0 aromatic heterocycles. The fourth-order valence-corrected chi connectivity index (χ4v) is 3.72. The van der Waals surface area contributed by atoms with Gasteiger partial charge in [0.05, 0.1) is 16.4 Å². The lowest BCUT2D eigenvalue weighted by molar-refractivity contribution is -0.174. The summed E-state index contributed by atoms with van der Waals surface area (Å²) in [5, 5.41) is 0. The molecule has 0 saturated carbocycles.